The van der Waals surface area contributed by atoms with Crippen LogP contribution in [0.25, 0.3) is 0 Å². The molecule has 33 heavy (non-hydrogen) atoms. The molecule has 2 heterocycles. The number of carboxylic acids is 1. The van der Waals surface area contributed by atoms with E-state index < -0.39 is 67.6 Å². The number of hydrogen-bond acceptors (Lipinski definition) is 13. The molecule has 1 aromatic rings. The Labute approximate surface area is 187 Å². The standard InChI is InChI=1S/C16H27N6O10P/c1-4-30-33(29,31-5-2)13(16(27)28)19-12(17)8-9(18-3)14(26)22(21-20-8)15-11(25)10(24)7(6-23)32-15/h7,10-11,13,15,18,23-25H,4-6H2,1-3H3,(H2,17,19)(H,27,28). The van der Waals surface area contributed by atoms with Gasteiger partial charge in [0.25, 0.3) is 5.56 Å². The van der Waals surface area contributed by atoms with Gasteiger partial charge >= 0.3 is 13.6 Å². The van der Waals surface area contributed by atoms with Gasteiger partial charge in [-0.25, -0.2) is 4.79 Å². The molecule has 0 aliphatic carbocycles. The van der Waals surface area contributed by atoms with Crippen LogP contribution in [0.2, 0.25) is 0 Å². The monoisotopic (exact) mass is 494 g/mol. The number of aliphatic carboxylic acids is 1. The Balaban J connectivity index is 2.41. The van der Waals surface area contributed by atoms with Gasteiger partial charge in [0, 0.05) is 7.05 Å². The molecule has 0 bridgehead atoms. The van der Waals surface area contributed by atoms with Gasteiger partial charge < -0.3 is 44.8 Å². The van der Waals surface area contributed by atoms with E-state index in [4.69, 9.17) is 19.2 Å². The largest absolute Gasteiger partial charge is 0.479 e. The maximum atomic E-state index is 12.9. The van der Waals surface area contributed by atoms with Crippen LogP contribution in [0.3, 0.4) is 0 Å². The molecule has 0 saturated carbocycles. The fourth-order valence-corrected chi connectivity index (χ4v) is 4.73. The number of ether oxygens (including phenoxy) is 1. The first kappa shape index (κ1) is 26.8. The summed E-state index contributed by atoms with van der Waals surface area (Å²) in [5.41, 5.74) is -1.71. The van der Waals surface area contributed by atoms with Crippen molar-refractivity contribution in [2.45, 2.75) is 44.2 Å². The van der Waals surface area contributed by atoms with E-state index >= 15 is 0 Å². The fraction of sp³-hybridized carbons (Fsp3) is 0.688. The SMILES string of the molecule is CCOP(=O)(OCC)C(NC(=N)c1nnn(C2OC(CO)C(O)C2O)c(=O)c1NC)C(=O)O. The predicted molar refractivity (Wildman–Crippen MR) is 111 cm³/mol. The third-order valence-electron chi connectivity index (χ3n) is 4.59. The molecular weight excluding hydrogens is 467 g/mol. The van der Waals surface area contributed by atoms with Crippen molar-refractivity contribution in [2.24, 2.45) is 0 Å². The molecule has 16 nitrogen and oxygen atoms in total. The van der Waals surface area contributed by atoms with Gasteiger partial charge in [-0.2, -0.15) is 4.68 Å². The zero-order valence-electron chi connectivity index (χ0n) is 18.0. The van der Waals surface area contributed by atoms with Crippen LogP contribution in [0.15, 0.2) is 4.79 Å². The van der Waals surface area contributed by atoms with Crippen molar-refractivity contribution in [3.8, 4) is 0 Å². The average molecular weight is 494 g/mol. The van der Waals surface area contributed by atoms with Gasteiger partial charge in [-0.3, -0.25) is 14.8 Å². The fourth-order valence-electron chi connectivity index (χ4n) is 3.08. The molecule has 0 spiro atoms. The van der Waals surface area contributed by atoms with Crippen LogP contribution in [0, 0.1) is 5.41 Å². The van der Waals surface area contributed by atoms with Crippen molar-refractivity contribution >= 4 is 25.1 Å². The molecule has 1 aliphatic heterocycles. The molecule has 1 aliphatic rings. The third-order valence-corrected chi connectivity index (χ3v) is 6.81. The summed E-state index contributed by atoms with van der Waals surface area (Å²) in [4.78, 5) is 24.6. The number of rotatable bonds is 11. The van der Waals surface area contributed by atoms with Crippen LogP contribution in [0.4, 0.5) is 5.69 Å². The van der Waals surface area contributed by atoms with E-state index in [1.807, 2.05) is 0 Å². The summed E-state index contributed by atoms with van der Waals surface area (Å²) in [6, 6.07) is 0. The minimum atomic E-state index is -4.26. The molecular formula is C16H27N6O10P. The number of nitrogens with zero attached hydrogens (tertiary/aromatic N) is 3. The van der Waals surface area contributed by atoms with Gasteiger partial charge in [-0.05, 0) is 13.8 Å². The lowest BCUT2D eigenvalue weighted by Gasteiger charge is -2.25. The summed E-state index contributed by atoms with van der Waals surface area (Å²) in [5.74, 6) is -4.35. The summed E-state index contributed by atoms with van der Waals surface area (Å²) in [5, 5.41) is 59.0. The van der Waals surface area contributed by atoms with E-state index in [-0.39, 0.29) is 18.9 Å². The number of amidine groups is 1. The second-order valence-electron chi connectivity index (χ2n) is 6.68. The van der Waals surface area contributed by atoms with Crippen LogP contribution < -0.4 is 16.2 Å². The molecule has 1 fully saturated rings. The molecule has 0 radical (unpaired) electrons. The quantitative estimate of drug-likeness (QED) is 0.0989. The summed E-state index contributed by atoms with van der Waals surface area (Å²) < 4.78 is 28.8. The van der Waals surface area contributed by atoms with Gasteiger partial charge in [0.05, 0.1) is 19.8 Å². The molecule has 186 valence electrons. The molecule has 1 saturated heterocycles. The number of aliphatic hydroxyl groups excluding tert-OH is 3. The van der Waals surface area contributed by atoms with E-state index in [2.05, 4.69) is 20.9 Å². The zero-order chi connectivity index (χ0) is 24.9. The number of hydrogen-bond donors (Lipinski definition) is 7. The highest BCUT2D eigenvalue weighted by molar-refractivity contribution is 7.55. The molecule has 5 atom stereocenters. The molecule has 5 unspecified atom stereocenters. The topological polar surface area (TPSA) is 238 Å². The summed E-state index contributed by atoms with van der Waals surface area (Å²) in [6.45, 7) is 2.09. The van der Waals surface area contributed by atoms with E-state index in [1.165, 1.54) is 20.9 Å². The van der Waals surface area contributed by atoms with E-state index in [9.17, 15) is 34.6 Å². The van der Waals surface area contributed by atoms with Gasteiger partial charge in [-0.1, -0.05) is 5.21 Å². The second kappa shape index (κ2) is 11.1. The Morgan fingerprint density at radius 2 is 1.91 bits per heavy atom. The molecule has 1 aromatic heterocycles. The Bertz CT molecular complexity index is 964. The number of aliphatic hydroxyl groups is 3. The van der Waals surface area contributed by atoms with Crippen LogP contribution in [-0.4, -0.2) is 98.2 Å². The van der Waals surface area contributed by atoms with E-state index in [0.717, 1.165) is 0 Å². The highest BCUT2D eigenvalue weighted by atomic mass is 31.2. The van der Waals surface area contributed by atoms with Gasteiger partial charge in [0.2, 0.25) is 5.78 Å². The smallest absolute Gasteiger partial charge is 0.364 e. The lowest BCUT2D eigenvalue weighted by Crippen LogP contribution is -2.44. The first-order chi connectivity index (χ1) is 15.6. The maximum Gasteiger partial charge on any atom is 0.364 e. The lowest BCUT2D eigenvalue weighted by molar-refractivity contribution is -0.137. The van der Waals surface area contributed by atoms with Crippen molar-refractivity contribution in [3.63, 3.8) is 0 Å². The Hall–Kier alpha value is -2.46. The number of carbonyl (C=O) groups is 1. The van der Waals surface area contributed by atoms with Crippen molar-refractivity contribution in [1.29, 1.82) is 5.41 Å². The highest BCUT2D eigenvalue weighted by Crippen LogP contribution is 2.52. The zero-order valence-corrected chi connectivity index (χ0v) is 18.9. The van der Waals surface area contributed by atoms with Gasteiger partial charge in [0.15, 0.2) is 11.9 Å². The Morgan fingerprint density at radius 3 is 2.36 bits per heavy atom. The van der Waals surface area contributed by atoms with Crippen molar-refractivity contribution in [3.05, 3.63) is 16.0 Å². The Kier molecular flexibility index (Phi) is 9.02. The minimum absolute atomic E-state index is 0.127. The molecule has 2 rings (SSSR count). The van der Waals surface area contributed by atoms with Crippen molar-refractivity contribution in [1.82, 2.24) is 20.3 Å². The second-order valence-corrected chi connectivity index (χ2v) is 8.79. The number of anilines is 1. The average Bonchev–Trinajstić information content (AvgIpc) is 3.05. The predicted octanol–water partition coefficient (Wildman–Crippen LogP) is -2.12. The van der Waals surface area contributed by atoms with Gasteiger partial charge in [-0.15, -0.1) is 5.10 Å². The third kappa shape index (κ3) is 5.38. The summed E-state index contributed by atoms with van der Waals surface area (Å²) >= 11 is 0. The number of nitrogens with one attached hydrogen (secondary N) is 3. The molecule has 0 aromatic carbocycles. The van der Waals surface area contributed by atoms with Crippen LogP contribution in [-0.2, 0) is 23.1 Å². The molecule has 0 amide bonds. The maximum absolute atomic E-state index is 12.9. The lowest BCUT2D eigenvalue weighted by atomic mass is 10.1. The summed E-state index contributed by atoms with van der Waals surface area (Å²) in [7, 11) is -2.94. The van der Waals surface area contributed by atoms with Crippen molar-refractivity contribution in [2.75, 3.05) is 32.2 Å². The summed E-state index contributed by atoms with van der Waals surface area (Å²) in [6.07, 6.45) is -5.75. The minimum Gasteiger partial charge on any atom is -0.479 e. The molecule has 7 N–H and O–H groups in total. The van der Waals surface area contributed by atoms with Crippen LogP contribution in [0.5, 0.6) is 0 Å². The van der Waals surface area contributed by atoms with Crippen LogP contribution in [0.1, 0.15) is 25.8 Å². The van der Waals surface area contributed by atoms with E-state index in [1.54, 1.807) is 0 Å². The Morgan fingerprint density at radius 1 is 1.30 bits per heavy atom. The van der Waals surface area contributed by atoms with E-state index in [0.29, 0.717) is 4.68 Å². The first-order valence-electron chi connectivity index (χ1n) is 9.82. The normalized spacial score (nSPS) is 23.8. The van der Waals surface area contributed by atoms with Gasteiger partial charge in [0.1, 0.15) is 29.8 Å². The first-order valence-corrected chi connectivity index (χ1v) is 11.4. The molecule has 17 heteroatoms. The number of aromatic nitrogens is 3. The van der Waals surface area contributed by atoms with Crippen LogP contribution >= 0.6 is 7.60 Å². The highest BCUT2D eigenvalue weighted by Gasteiger charge is 2.45. The number of carboxylic acid groups (broad SMARTS) is 1. The van der Waals surface area contributed by atoms with Crippen molar-refractivity contribution < 1.29 is 43.6 Å².